The van der Waals surface area contributed by atoms with Gasteiger partial charge < -0.3 is 20.1 Å². The van der Waals surface area contributed by atoms with Gasteiger partial charge in [-0.25, -0.2) is 0 Å². The fraction of sp³-hybridized carbons (Fsp3) is 0.222. The Kier molecular flexibility index (Phi) is 6.64. The molecule has 0 heterocycles. The minimum atomic E-state index is -5.00. The highest BCUT2D eigenvalue weighted by molar-refractivity contribution is 5.95. The Bertz CT molecular complexity index is 809. The molecule has 0 aliphatic heterocycles. The van der Waals surface area contributed by atoms with Crippen molar-refractivity contribution in [3.8, 4) is 11.5 Å². The predicted octanol–water partition coefficient (Wildman–Crippen LogP) is 2.89. The van der Waals surface area contributed by atoms with Crippen LogP contribution >= 0.6 is 0 Å². The quantitative estimate of drug-likeness (QED) is 0.772. The van der Waals surface area contributed by atoms with Crippen molar-refractivity contribution in [1.82, 2.24) is 5.32 Å². The summed E-state index contributed by atoms with van der Waals surface area (Å²) in [5.41, 5.74) is 0.284. The first kappa shape index (κ1) is 20.1. The lowest BCUT2D eigenvalue weighted by Crippen LogP contribution is -2.31. The molecule has 2 aromatic carbocycles. The van der Waals surface area contributed by atoms with Gasteiger partial charge in [0.15, 0.2) is 18.1 Å². The van der Waals surface area contributed by atoms with Crippen LogP contribution in [0.3, 0.4) is 0 Å². The number of methoxy groups -OCH3 is 1. The summed E-state index contributed by atoms with van der Waals surface area (Å²) in [4.78, 5) is 23.0. The maximum absolute atomic E-state index is 12.4. The van der Waals surface area contributed by atoms with Gasteiger partial charge >= 0.3 is 12.1 Å². The fourth-order valence-electron chi connectivity index (χ4n) is 2.12. The molecule has 0 aliphatic carbocycles. The number of nitrogens with one attached hydrogen (secondary N) is 2. The molecule has 27 heavy (non-hydrogen) atoms. The average Bonchev–Trinajstić information content (AvgIpc) is 2.65. The van der Waals surface area contributed by atoms with Crippen LogP contribution in [0, 0.1) is 0 Å². The Hall–Kier alpha value is -3.23. The molecule has 0 bridgehead atoms. The molecule has 2 N–H and O–H groups in total. The molecular formula is C18H17F3N2O4. The van der Waals surface area contributed by atoms with Gasteiger partial charge in [0.05, 0.1) is 7.11 Å². The summed E-state index contributed by atoms with van der Waals surface area (Å²) in [5.74, 6) is -1.72. The van der Waals surface area contributed by atoms with Crippen LogP contribution in [-0.4, -0.2) is 31.7 Å². The molecule has 2 rings (SSSR count). The van der Waals surface area contributed by atoms with E-state index >= 15 is 0 Å². The Morgan fingerprint density at radius 1 is 1.00 bits per heavy atom. The summed E-state index contributed by atoms with van der Waals surface area (Å²) >= 11 is 0. The van der Waals surface area contributed by atoms with Crippen LogP contribution in [0.15, 0.2) is 48.5 Å². The summed E-state index contributed by atoms with van der Waals surface area (Å²) in [5, 5.41) is 4.31. The molecule has 0 saturated heterocycles. The van der Waals surface area contributed by atoms with Gasteiger partial charge in [0.2, 0.25) is 0 Å². The minimum absolute atomic E-state index is 0.0363. The summed E-state index contributed by atoms with van der Waals surface area (Å²) in [6.45, 7) is -0.389. The van der Waals surface area contributed by atoms with Gasteiger partial charge in [-0.05, 0) is 23.8 Å². The zero-order valence-electron chi connectivity index (χ0n) is 14.3. The van der Waals surface area contributed by atoms with Crippen molar-refractivity contribution in [3.05, 3.63) is 54.1 Å². The second-order valence-corrected chi connectivity index (χ2v) is 5.33. The van der Waals surface area contributed by atoms with Crippen molar-refractivity contribution < 1.29 is 32.2 Å². The second kappa shape index (κ2) is 8.93. The van der Waals surface area contributed by atoms with E-state index in [2.05, 4.69) is 5.32 Å². The van der Waals surface area contributed by atoms with E-state index in [1.807, 2.05) is 0 Å². The second-order valence-electron chi connectivity index (χ2n) is 5.33. The van der Waals surface area contributed by atoms with Gasteiger partial charge in [-0.1, -0.05) is 30.3 Å². The number of hydrogen-bond acceptors (Lipinski definition) is 4. The highest BCUT2D eigenvalue weighted by Crippen LogP contribution is 2.25. The number of carbonyl (C=O) groups excluding carboxylic acids is 2. The smallest absolute Gasteiger partial charge is 0.471 e. The van der Waals surface area contributed by atoms with E-state index < -0.39 is 18.0 Å². The van der Waals surface area contributed by atoms with Crippen molar-refractivity contribution in [1.29, 1.82) is 0 Å². The molecule has 6 nitrogen and oxygen atoms in total. The predicted molar refractivity (Wildman–Crippen MR) is 91.5 cm³/mol. The highest BCUT2D eigenvalue weighted by Gasteiger charge is 2.38. The molecule has 0 saturated carbocycles. The summed E-state index contributed by atoms with van der Waals surface area (Å²) in [6, 6.07) is 12.6. The van der Waals surface area contributed by atoms with E-state index in [0.29, 0.717) is 17.1 Å². The van der Waals surface area contributed by atoms with Gasteiger partial charge in [0.1, 0.15) is 0 Å². The molecule has 144 valence electrons. The number of rotatable bonds is 7. The zero-order chi connectivity index (χ0) is 19.9. The SMILES string of the molecule is COc1ccccc1OCC(=O)NCc1ccccc1NC(=O)C(F)(F)F. The number of amides is 2. The van der Waals surface area contributed by atoms with Crippen LogP contribution in [0.2, 0.25) is 0 Å². The monoisotopic (exact) mass is 382 g/mol. The molecule has 0 radical (unpaired) electrons. The lowest BCUT2D eigenvalue weighted by Gasteiger charge is -2.14. The van der Waals surface area contributed by atoms with E-state index in [0.717, 1.165) is 0 Å². The van der Waals surface area contributed by atoms with Gasteiger partial charge in [-0.15, -0.1) is 0 Å². The molecule has 2 aromatic rings. The normalized spacial score (nSPS) is 10.8. The van der Waals surface area contributed by atoms with Crippen molar-refractivity contribution in [3.63, 3.8) is 0 Å². The Morgan fingerprint density at radius 2 is 1.63 bits per heavy atom. The van der Waals surface area contributed by atoms with Crippen molar-refractivity contribution >= 4 is 17.5 Å². The number of alkyl halides is 3. The number of benzene rings is 2. The highest BCUT2D eigenvalue weighted by atomic mass is 19.4. The Balaban J connectivity index is 1.92. The van der Waals surface area contributed by atoms with Gasteiger partial charge in [-0.3, -0.25) is 9.59 Å². The van der Waals surface area contributed by atoms with E-state index in [-0.39, 0.29) is 18.8 Å². The number of ether oxygens (including phenoxy) is 2. The molecule has 9 heteroatoms. The van der Waals surface area contributed by atoms with Gasteiger partial charge in [0, 0.05) is 12.2 Å². The molecule has 2 amide bonds. The van der Waals surface area contributed by atoms with E-state index in [1.54, 1.807) is 35.6 Å². The molecule has 0 spiro atoms. The van der Waals surface area contributed by atoms with E-state index in [4.69, 9.17) is 9.47 Å². The van der Waals surface area contributed by atoms with Crippen molar-refractivity contribution in [2.75, 3.05) is 19.0 Å². The molecule has 0 aromatic heterocycles. The lowest BCUT2D eigenvalue weighted by molar-refractivity contribution is -0.167. The van der Waals surface area contributed by atoms with Crippen LogP contribution in [0.25, 0.3) is 0 Å². The van der Waals surface area contributed by atoms with E-state index in [9.17, 15) is 22.8 Å². The van der Waals surface area contributed by atoms with E-state index in [1.165, 1.54) is 25.3 Å². The number of anilines is 1. The number of carbonyl (C=O) groups is 2. The topological polar surface area (TPSA) is 76.7 Å². The average molecular weight is 382 g/mol. The molecular weight excluding hydrogens is 365 g/mol. The first-order valence-corrected chi connectivity index (χ1v) is 7.80. The maximum atomic E-state index is 12.4. The summed E-state index contributed by atoms with van der Waals surface area (Å²) < 4.78 is 47.6. The number of halogens is 3. The third-order valence-corrected chi connectivity index (χ3v) is 3.43. The lowest BCUT2D eigenvalue weighted by atomic mass is 10.1. The zero-order valence-corrected chi connectivity index (χ0v) is 14.3. The largest absolute Gasteiger partial charge is 0.493 e. The molecule has 0 unspecified atom stereocenters. The molecule has 0 aliphatic rings. The van der Waals surface area contributed by atoms with Crippen molar-refractivity contribution in [2.24, 2.45) is 0 Å². The summed E-state index contributed by atoms with van der Waals surface area (Å²) in [7, 11) is 1.47. The molecule has 0 fully saturated rings. The van der Waals surface area contributed by atoms with Crippen LogP contribution in [0.5, 0.6) is 11.5 Å². The summed E-state index contributed by atoms with van der Waals surface area (Å²) in [6.07, 6.45) is -5.00. The fourth-order valence-corrected chi connectivity index (χ4v) is 2.12. The standard InChI is InChI=1S/C18H17F3N2O4/c1-26-14-8-4-5-9-15(14)27-11-16(24)22-10-12-6-2-3-7-13(12)23-17(25)18(19,20)21/h2-9H,10-11H2,1H3,(H,22,24)(H,23,25). The van der Waals surface area contributed by atoms with Crippen LogP contribution in [0.1, 0.15) is 5.56 Å². The van der Waals surface area contributed by atoms with Crippen LogP contribution in [0.4, 0.5) is 18.9 Å². The third kappa shape index (κ3) is 5.91. The third-order valence-electron chi connectivity index (χ3n) is 3.43. The first-order chi connectivity index (χ1) is 12.8. The molecule has 0 atom stereocenters. The number of para-hydroxylation sites is 3. The minimum Gasteiger partial charge on any atom is -0.493 e. The van der Waals surface area contributed by atoms with Crippen molar-refractivity contribution in [2.45, 2.75) is 12.7 Å². The van der Waals surface area contributed by atoms with Gasteiger partial charge in [0.25, 0.3) is 5.91 Å². The first-order valence-electron chi connectivity index (χ1n) is 7.80. The Morgan fingerprint density at radius 3 is 2.30 bits per heavy atom. The number of hydrogen-bond donors (Lipinski definition) is 2. The van der Waals surface area contributed by atoms with Crippen LogP contribution < -0.4 is 20.1 Å². The Labute approximate surface area is 153 Å². The maximum Gasteiger partial charge on any atom is 0.471 e. The van der Waals surface area contributed by atoms with Gasteiger partial charge in [-0.2, -0.15) is 13.2 Å². The van der Waals surface area contributed by atoms with Crippen LogP contribution in [-0.2, 0) is 16.1 Å².